The predicted molar refractivity (Wildman–Crippen MR) is 83.8 cm³/mol. The second-order valence-electron chi connectivity index (χ2n) is 3.77. The van der Waals surface area contributed by atoms with Gasteiger partial charge in [-0.15, -0.1) is 0 Å². The third-order valence-corrected chi connectivity index (χ3v) is 3.54. The fourth-order valence-corrected chi connectivity index (χ4v) is 2.24. The molecule has 0 saturated carbocycles. The first kappa shape index (κ1) is 13.4. The maximum absolute atomic E-state index is 5.33. The lowest BCUT2D eigenvalue weighted by molar-refractivity contribution is 0.414. The molecule has 0 radical (unpaired) electrons. The third kappa shape index (κ3) is 3.47. The lowest BCUT2D eigenvalue weighted by Gasteiger charge is -2.04. The van der Waals surface area contributed by atoms with Crippen LogP contribution in [0.25, 0.3) is 12.2 Å². The first-order chi connectivity index (χ1) is 8.69. The van der Waals surface area contributed by atoms with Crippen LogP contribution in [-0.2, 0) is 0 Å². The Bertz CT molecular complexity index is 559. The van der Waals surface area contributed by atoms with Crippen LogP contribution in [0.15, 0.2) is 51.4 Å². The second-order valence-corrected chi connectivity index (χ2v) is 5.60. The summed E-state index contributed by atoms with van der Waals surface area (Å²) in [5.74, 6) is 0.867. The van der Waals surface area contributed by atoms with Gasteiger partial charge in [-0.3, -0.25) is 0 Å². The topological polar surface area (TPSA) is 9.23 Å². The normalized spacial score (nSPS) is 10.8. The third-order valence-electron chi connectivity index (χ3n) is 2.52. The van der Waals surface area contributed by atoms with Crippen molar-refractivity contribution in [1.29, 1.82) is 0 Å². The second kappa shape index (κ2) is 6.21. The largest absolute Gasteiger partial charge is 0.496 e. The van der Waals surface area contributed by atoms with E-state index in [1.165, 1.54) is 0 Å². The number of rotatable bonds is 3. The zero-order valence-corrected chi connectivity index (χ0v) is 13.0. The van der Waals surface area contributed by atoms with E-state index in [1.807, 2.05) is 36.4 Å². The molecular formula is C15H12Br2O. The average molecular weight is 368 g/mol. The standard InChI is InChI=1S/C15H12Br2O/c1-18-15-9-8-14(17)10-12(15)5-2-11-3-6-13(16)7-4-11/h2-10H,1H3/b5-2-. The number of methoxy groups -OCH3 is 1. The van der Waals surface area contributed by atoms with Gasteiger partial charge in [0.15, 0.2) is 0 Å². The molecule has 0 aliphatic heterocycles. The Balaban J connectivity index is 2.27. The maximum Gasteiger partial charge on any atom is 0.126 e. The van der Waals surface area contributed by atoms with Crippen LogP contribution in [0.5, 0.6) is 5.75 Å². The van der Waals surface area contributed by atoms with Gasteiger partial charge in [0.2, 0.25) is 0 Å². The van der Waals surface area contributed by atoms with Gasteiger partial charge in [-0.1, -0.05) is 56.1 Å². The van der Waals surface area contributed by atoms with Crippen molar-refractivity contribution in [2.24, 2.45) is 0 Å². The molecule has 2 rings (SSSR count). The first-order valence-electron chi connectivity index (χ1n) is 5.46. The smallest absolute Gasteiger partial charge is 0.126 e. The number of hydrogen-bond acceptors (Lipinski definition) is 1. The van der Waals surface area contributed by atoms with Crippen LogP contribution in [0.2, 0.25) is 0 Å². The van der Waals surface area contributed by atoms with Crippen LogP contribution >= 0.6 is 31.9 Å². The van der Waals surface area contributed by atoms with E-state index in [0.717, 1.165) is 25.8 Å². The highest BCUT2D eigenvalue weighted by Crippen LogP contribution is 2.25. The number of hydrogen-bond donors (Lipinski definition) is 0. The molecule has 0 saturated heterocycles. The Morgan fingerprint density at radius 3 is 2.22 bits per heavy atom. The number of halogens is 2. The molecule has 18 heavy (non-hydrogen) atoms. The summed E-state index contributed by atoms with van der Waals surface area (Å²) in [6.07, 6.45) is 4.11. The van der Waals surface area contributed by atoms with E-state index < -0.39 is 0 Å². The van der Waals surface area contributed by atoms with Crippen LogP contribution in [0.1, 0.15) is 11.1 Å². The molecule has 0 aliphatic rings. The summed E-state index contributed by atoms with van der Waals surface area (Å²) in [5.41, 5.74) is 2.20. The highest BCUT2D eigenvalue weighted by Gasteiger charge is 1.99. The van der Waals surface area contributed by atoms with Crippen LogP contribution in [0.3, 0.4) is 0 Å². The van der Waals surface area contributed by atoms with E-state index in [9.17, 15) is 0 Å². The molecule has 3 heteroatoms. The molecule has 2 aromatic rings. The Morgan fingerprint density at radius 1 is 0.889 bits per heavy atom. The molecule has 0 fully saturated rings. The van der Waals surface area contributed by atoms with E-state index in [-0.39, 0.29) is 0 Å². The van der Waals surface area contributed by atoms with Gasteiger partial charge in [0, 0.05) is 14.5 Å². The van der Waals surface area contributed by atoms with Gasteiger partial charge >= 0.3 is 0 Å². The van der Waals surface area contributed by atoms with E-state index in [1.54, 1.807) is 7.11 Å². The van der Waals surface area contributed by atoms with Crippen molar-refractivity contribution < 1.29 is 4.74 Å². The fraction of sp³-hybridized carbons (Fsp3) is 0.0667. The molecule has 2 aromatic carbocycles. The van der Waals surface area contributed by atoms with E-state index in [4.69, 9.17) is 4.74 Å². The van der Waals surface area contributed by atoms with E-state index in [0.29, 0.717) is 0 Å². The average Bonchev–Trinajstić information content (AvgIpc) is 2.38. The maximum atomic E-state index is 5.33. The van der Waals surface area contributed by atoms with Gasteiger partial charge in [0.05, 0.1) is 7.11 Å². The summed E-state index contributed by atoms with van der Waals surface area (Å²) in [5, 5.41) is 0. The van der Waals surface area contributed by atoms with Crippen LogP contribution in [-0.4, -0.2) is 7.11 Å². The summed E-state index contributed by atoms with van der Waals surface area (Å²) < 4.78 is 7.45. The van der Waals surface area contributed by atoms with Crippen molar-refractivity contribution in [1.82, 2.24) is 0 Å². The van der Waals surface area contributed by atoms with Crippen molar-refractivity contribution in [3.05, 3.63) is 62.5 Å². The predicted octanol–water partition coefficient (Wildman–Crippen LogP) is 5.39. The molecule has 0 atom stereocenters. The lowest BCUT2D eigenvalue weighted by Crippen LogP contribution is -1.86. The fourth-order valence-electron chi connectivity index (χ4n) is 1.60. The summed E-state index contributed by atoms with van der Waals surface area (Å²) in [7, 11) is 1.68. The highest BCUT2D eigenvalue weighted by molar-refractivity contribution is 9.10. The van der Waals surface area contributed by atoms with Crippen molar-refractivity contribution in [2.75, 3.05) is 7.11 Å². The Hall–Kier alpha value is -1.06. The zero-order chi connectivity index (χ0) is 13.0. The van der Waals surface area contributed by atoms with Gasteiger partial charge in [-0.25, -0.2) is 0 Å². The van der Waals surface area contributed by atoms with Gasteiger partial charge in [0.25, 0.3) is 0 Å². The minimum absolute atomic E-state index is 0.867. The molecule has 1 nitrogen and oxygen atoms in total. The highest BCUT2D eigenvalue weighted by atomic mass is 79.9. The molecule has 92 valence electrons. The molecule has 0 heterocycles. The number of ether oxygens (including phenoxy) is 1. The minimum Gasteiger partial charge on any atom is -0.496 e. The molecule has 0 N–H and O–H groups in total. The van der Waals surface area contributed by atoms with Crippen molar-refractivity contribution in [3.63, 3.8) is 0 Å². The Labute approximate surface area is 124 Å². The molecular weight excluding hydrogens is 356 g/mol. The molecule has 0 unspecified atom stereocenters. The Kier molecular flexibility index (Phi) is 4.61. The summed E-state index contributed by atoms with van der Waals surface area (Å²) in [6.45, 7) is 0. The van der Waals surface area contributed by atoms with E-state index >= 15 is 0 Å². The SMILES string of the molecule is COc1ccc(Br)cc1/C=C\c1ccc(Br)cc1. The van der Waals surface area contributed by atoms with Gasteiger partial charge in [0.1, 0.15) is 5.75 Å². The van der Waals surface area contributed by atoms with Crippen LogP contribution in [0, 0.1) is 0 Å². The lowest BCUT2D eigenvalue weighted by atomic mass is 10.1. The molecule has 0 aliphatic carbocycles. The van der Waals surface area contributed by atoms with Gasteiger partial charge in [-0.05, 0) is 35.9 Å². The summed E-state index contributed by atoms with van der Waals surface area (Å²) in [4.78, 5) is 0. The molecule has 0 aromatic heterocycles. The van der Waals surface area contributed by atoms with Crippen molar-refractivity contribution in [3.8, 4) is 5.75 Å². The Morgan fingerprint density at radius 2 is 1.56 bits per heavy atom. The van der Waals surface area contributed by atoms with Gasteiger partial charge < -0.3 is 4.74 Å². The monoisotopic (exact) mass is 366 g/mol. The van der Waals surface area contributed by atoms with Crippen molar-refractivity contribution >= 4 is 44.0 Å². The zero-order valence-electron chi connectivity index (χ0n) is 9.86. The first-order valence-corrected chi connectivity index (χ1v) is 7.05. The molecule has 0 amide bonds. The van der Waals surface area contributed by atoms with Gasteiger partial charge in [-0.2, -0.15) is 0 Å². The van der Waals surface area contributed by atoms with E-state index in [2.05, 4.69) is 50.1 Å². The van der Waals surface area contributed by atoms with Crippen LogP contribution < -0.4 is 4.74 Å². The number of benzene rings is 2. The quantitative estimate of drug-likeness (QED) is 0.660. The van der Waals surface area contributed by atoms with Crippen molar-refractivity contribution in [2.45, 2.75) is 0 Å². The summed E-state index contributed by atoms with van der Waals surface area (Å²) >= 11 is 6.89. The minimum atomic E-state index is 0.867. The molecule has 0 bridgehead atoms. The molecule has 0 spiro atoms. The van der Waals surface area contributed by atoms with Crippen LogP contribution in [0.4, 0.5) is 0 Å². The summed E-state index contributed by atoms with van der Waals surface area (Å²) in [6, 6.07) is 14.1.